The monoisotopic (exact) mass is 354 g/mol. The van der Waals surface area contributed by atoms with Crippen molar-refractivity contribution in [2.75, 3.05) is 13.1 Å². The van der Waals surface area contributed by atoms with Crippen molar-refractivity contribution in [1.29, 1.82) is 0 Å². The van der Waals surface area contributed by atoms with Crippen LogP contribution in [-0.2, 0) is 6.54 Å². The van der Waals surface area contributed by atoms with Gasteiger partial charge in [-0.2, -0.15) is 0 Å². The molecule has 1 fully saturated rings. The standard InChI is InChI=1S/C21H26N2O3/c1-6-23-16(5)10-15(4)18(21(23)25)20(24)22-11-17(12-22)26-19-13(2)8-7-9-14(19)3/h7-10,17H,6,11-12H2,1-5H3. The smallest absolute Gasteiger partial charge is 0.263 e. The molecule has 138 valence electrons. The van der Waals surface area contributed by atoms with Crippen LogP contribution in [0.25, 0.3) is 0 Å². The van der Waals surface area contributed by atoms with Crippen LogP contribution in [0, 0.1) is 27.7 Å². The van der Waals surface area contributed by atoms with Crippen molar-refractivity contribution < 1.29 is 9.53 Å². The number of pyridine rings is 1. The lowest BCUT2D eigenvalue weighted by atomic mass is 10.0. The number of aromatic nitrogens is 1. The van der Waals surface area contributed by atoms with E-state index >= 15 is 0 Å². The first-order valence-corrected chi connectivity index (χ1v) is 9.06. The lowest BCUT2D eigenvalue weighted by molar-refractivity contribution is 0.0170. The summed E-state index contributed by atoms with van der Waals surface area (Å²) in [6.45, 7) is 11.2. The third-order valence-electron chi connectivity index (χ3n) is 5.06. The van der Waals surface area contributed by atoms with Crippen LogP contribution in [0.15, 0.2) is 29.1 Å². The number of hydrogen-bond acceptors (Lipinski definition) is 3. The van der Waals surface area contributed by atoms with Crippen molar-refractivity contribution in [3.8, 4) is 5.75 Å². The quantitative estimate of drug-likeness (QED) is 0.848. The van der Waals surface area contributed by atoms with Gasteiger partial charge in [0, 0.05) is 12.2 Å². The number of carbonyl (C=O) groups excluding carboxylic acids is 1. The molecule has 0 atom stereocenters. The zero-order chi connectivity index (χ0) is 19.0. The highest BCUT2D eigenvalue weighted by Gasteiger charge is 2.35. The number of amides is 1. The molecule has 26 heavy (non-hydrogen) atoms. The molecule has 1 aromatic carbocycles. The number of nitrogens with zero attached hydrogens (tertiary/aromatic N) is 2. The molecule has 1 aliphatic heterocycles. The summed E-state index contributed by atoms with van der Waals surface area (Å²) in [5, 5.41) is 0. The molecule has 2 heterocycles. The van der Waals surface area contributed by atoms with Gasteiger partial charge in [0.25, 0.3) is 11.5 Å². The number of para-hydroxylation sites is 1. The van der Waals surface area contributed by atoms with Gasteiger partial charge in [-0.05, 0) is 57.4 Å². The van der Waals surface area contributed by atoms with Crippen LogP contribution in [0.5, 0.6) is 5.75 Å². The van der Waals surface area contributed by atoms with E-state index in [4.69, 9.17) is 4.74 Å². The molecule has 0 N–H and O–H groups in total. The van der Waals surface area contributed by atoms with Crippen molar-refractivity contribution in [1.82, 2.24) is 9.47 Å². The minimum absolute atomic E-state index is 0.0297. The largest absolute Gasteiger partial charge is 0.486 e. The third-order valence-corrected chi connectivity index (χ3v) is 5.06. The normalized spacial score (nSPS) is 14.3. The lowest BCUT2D eigenvalue weighted by Crippen LogP contribution is -2.57. The Morgan fingerprint density at radius 2 is 1.73 bits per heavy atom. The average Bonchev–Trinajstić information content (AvgIpc) is 2.52. The topological polar surface area (TPSA) is 51.5 Å². The number of rotatable bonds is 4. The molecule has 0 radical (unpaired) electrons. The summed E-state index contributed by atoms with van der Waals surface area (Å²) < 4.78 is 7.72. The van der Waals surface area contributed by atoms with Crippen molar-refractivity contribution in [2.45, 2.75) is 47.3 Å². The Balaban J connectivity index is 1.74. The Labute approximate surface area is 154 Å². The van der Waals surface area contributed by atoms with Gasteiger partial charge in [-0.25, -0.2) is 0 Å². The van der Waals surface area contributed by atoms with Crippen molar-refractivity contribution in [3.05, 3.63) is 62.6 Å². The zero-order valence-corrected chi connectivity index (χ0v) is 16.1. The van der Waals surface area contributed by atoms with Crippen LogP contribution in [0.4, 0.5) is 0 Å². The van der Waals surface area contributed by atoms with Gasteiger partial charge >= 0.3 is 0 Å². The van der Waals surface area contributed by atoms with E-state index in [1.807, 2.05) is 58.9 Å². The van der Waals surface area contributed by atoms with E-state index < -0.39 is 0 Å². The summed E-state index contributed by atoms with van der Waals surface area (Å²) in [4.78, 5) is 27.2. The van der Waals surface area contributed by atoms with Gasteiger partial charge < -0.3 is 14.2 Å². The number of hydrogen-bond donors (Lipinski definition) is 0. The van der Waals surface area contributed by atoms with Crippen LogP contribution in [-0.4, -0.2) is 34.6 Å². The SMILES string of the molecule is CCn1c(C)cc(C)c(C(=O)N2CC(Oc3c(C)cccc3C)C2)c1=O. The van der Waals surface area contributed by atoms with E-state index in [1.165, 1.54) is 0 Å². The third kappa shape index (κ3) is 3.14. The van der Waals surface area contributed by atoms with Crippen molar-refractivity contribution >= 4 is 5.91 Å². The molecule has 0 bridgehead atoms. The summed E-state index contributed by atoms with van der Waals surface area (Å²) >= 11 is 0. The van der Waals surface area contributed by atoms with Gasteiger partial charge in [0.15, 0.2) is 0 Å². The fourth-order valence-corrected chi connectivity index (χ4v) is 3.57. The van der Waals surface area contributed by atoms with E-state index in [9.17, 15) is 9.59 Å². The summed E-state index contributed by atoms with van der Waals surface area (Å²) in [6.07, 6.45) is -0.0297. The molecule has 0 aliphatic carbocycles. The number of aryl methyl sites for hydroxylation is 4. The van der Waals surface area contributed by atoms with Crippen LogP contribution in [0.2, 0.25) is 0 Å². The highest BCUT2D eigenvalue weighted by Crippen LogP contribution is 2.26. The molecule has 5 heteroatoms. The summed E-state index contributed by atoms with van der Waals surface area (Å²) in [7, 11) is 0. The first kappa shape index (κ1) is 18.2. The van der Waals surface area contributed by atoms with Crippen LogP contribution in [0.1, 0.15) is 39.7 Å². The number of likely N-dealkylation sites (tertiary alicyclic amines) is 1. The minimum Gasteiger partial charge on any atom is -0.486 e. The Morgan fingerprint density at radius 1 is 1.12 bits per heavy atom. The van der Waals surface area contributed by atoms with Gasteiger partial charge in [-0.1, -0.05) is 18.2 Å². The highest BCUT2D eigenvalue weighted by atomic mass is 16.5. The maximum atomic E-state index is 12.8. The fraction of sp³-hybridized carbons (Fsp3) is 0.429. The van der Waals surface area contributed by atoms with Crippen LogP contribution in [0.3, 0.4) is 0 Å². The number of benzene rings is 1. The minimum atomic E-state index is -0.200. The fourth-order valence-electron chi connectivity index (χ4n) is 3.57. The van der Waals surface area contributed by atoms with Gasteiger partial charge in [-0.15, -0.1) is 0 Å². The molecule has 0 spiro atoms. The molecule has 0 unspecified atom stereocenters. The van der Waals surface area contributed by atoms with Gasteiger partial charge in [0.1, 0.15) is 17.4 Å². The van der Waals surface area contributed by atoms with E-state index in [-0.39, 0.29) is 23.1 Å². The number of ether oxygens (including phenoxy) is 1. The molecule has 3 rings (SSSR count). The Bertz CT molecular complexity index is 888. The first-order valence-electron chi connectivity index (χ1n) is 9.06. The summed E-state index contributed by atoms with van der Waals surface area (Å²) in [6, 6.07) is 7.95. The van der Waals surface area contributed by atoms with Gasteiger partial charge in [0.05, 0.1) is 13.1 Å². The molecule has 0 saturated carbocycles. The highest BCUT2D eigenvalue weighted by molar-refractivity contribution is 5.95. The van der Waals surface area contributed by atoms with E-state index in [2.05, 4.69) is 0 Å². The zero-order valence-electron chi connectivity index (χ0n) is 16.1. The summed E-state index contributed by atoms with van der Waals surface area (Å²) in [5.74, 6) is 0.695. The first-order chi connectivity index (χ1) is 12.3. The molecule has 5 nitrogen and oxygen atoms in total. The molecule has 1 saturated heterocycles. The maximum absolute atomic E-state index is 12.8. The molecular formula is C21H26N2O3. The second kappa shape index (κ2) is 6.98. The van der Waals surface area contributed by atoms with E-state index in [0.29, 0.717) is 19.6 Å². The molecule has 2 aromatic rings. The lowest BCUT2D eigenvalue weighted by Gasteiger charge is -2.39. The van der Waals surface area contributed by atoms with Crippen molar-refractivity contribution in [3.63, 3.8) is 0 Å². The molecule has 1 aliphatic rings. The number of carbonyl (C=O) groups is 1. The molecule has 1 amide bonds. The molecule has 1 aromatic heterocycles. The van der Waals surface area contributed by atoms with E-state index in [0.717, 1.165) is 28.1 Å². The second-order valence-corrected chi connectivity index (χ2v) is 7.06. The van der Waals surface area contributed by atoms with Crippen LogP contribution < -0.4 is 10.3 Å². The van der Waals surface area contributed by atoms with Gasteiger partial charge in [0.2, 0.25) is 0 Å². The molecular weight excluding hydrogens is 328 g/mol. The maximum Gasteiger partial charge on any atom is 0.263 e. The Morgan fingerprint density at radius 3 is 2.31 bits per heavy atom. The Hall–Kier alpha value is -2.56. The predicted octanol–water partition coefficient (Wildman–Crippen LogP) is 3.01. The van der Waals surface area contributed by atoms with Crippen molar-refractivity contribution in [2.24, 2.45) is 0 Å². The Kier molecular flexibility index (Phi) is 4.90. The average molecular weight is 354 g/mol. The predicted molar refractivity (Wildman–Crippen MR) is 102 cm³/mol. The van der Waals surface area contributed by atoms with Crippen LogP contribution >= 0.6 is 0 Å². The van der Waals surface area contributed by atoms with E-state index in [1.54, 1.807) is 9.47 Å². The second-order valence-electron chi connectivity index (χ2n) is 7.06. The summed E-state index contributed by atoms with van der Waals surface area (Å²) in [5.41, 5.74) is 3.88. The van der Waals surface area contributed by atoms with Gasteiger partial charge in [-0.3, -0.25) is 9.59 Å².